The number of phenolic OH excluding ortho intramolecular Hbond substituents is 3. The van der Waals surface area contributed by atoms with Crippen molar-refractivity contribution in [2.75, 3.05) is 6.61 Å². The molecule has 2 aromatic rings. The summed E-state index contributed by atoms with van der Waals surface area (Å²) in [7, 11) is 0. The van der Waals surface area contributed by atoms with Crippen molar-refractivity contribution in [1.82, 2.24) is 0 Å². The molecular formula is C30H36O5. The average molecular weight is 477 g/mol. The van der Waals surface area contributed by atoms with Gasteiger partial charge in [0.05, 0.1) is 5.92 Å². The van der Waals surface area contributed by atoms with E-state index in [-0.39, 0.29) is 41.0 Å². The zero-order valence-corrected chi connectivity index (χ0v) is 21.3. The SMILES string of the molecule is CC(C)=CCCC(C)=CCc1cc(C2COc3cc(O)c(CC=C(C)C)c(O)c3C2=O)ccc1O. The van der Waals surface area contributed by atoms with Crippen molar-refractivity contribution >= 4 is 5.78 Å². The number of fused-ring (bicyclic) bond motifs is 1. The molecule has 0 amide bonds. The monoisotopic (exact) mass is 476 g/mol. The molecule has 5 heteroatoms. The Morgan fingerprint density at radius 3 is 2.34 bits per heavy atom. The lowest BCUT2D eigenvalue weighted by molar-refractivity contribution is 0.0891. The number of rotatable bonds is 8. The predicted molar refractivity (Wildman–Crippen MR) is 140 cm³/mol. The third kappa shape index (κ3) is 6.36. The quantitative estimate of drug-likeness (QED) is 0.361. The predicted octanol–water partition coefficient (Wildman–Crippen LogP) is 6.91. The molecule has 2 aromatic carbocycles. The van der Waals surface area contributed by atoms with Gasteiger partial charge in [-0.1, -0.05) is 47.1 Å². The van der Waals surface area contributed by atoms with Gasteiger partial charge in [-0.2, -0.15) is 0 Å². The minimum absolute atomic E-state index is 0.0938. The summed E-state index contributed by atoms with van der Waals surface area (Å²) in [5, 5.41) is 31.6. The fourth-order valence-electron chi connectivity index (χ4n) is 4.16. The van der Waals surface area contributed by atoms with Gasteiger partial charge < -0.3 is 20.1 Å². The lowest BCUT2D eigenvalue weighted by atomic mass is 9.86. The maximum atomic E-state index is 13.5. The molecule has 0 radical (unpaired) electrons. The van der Waals surface area contributed by atoms with Crippen LogP contribution in [0.15, 0.2) is 59.2 Å². The van der Waals surface area contributed by atoms with Crippen LogP contribution < -0.4 is 4.74 Å². The van der Waals surface area contributed by atoms with Gasteiger partial charge in [-0.15, -0.1) is 0 Å². The first-order valence-electron chi connectivity index (χ1n) is 12.1. The van der Waals surface area contributed by atoms with Crippen molar-refractivity contribution in [3.8, 4) is 23.0 Å². The summed E-state index contributed by atoms with van der Waals surface area (Å²) < 4.78 is 5.80. The number of carbonyl (C=O) groups excluding carboxylic acids is 1. The van der Waals surface area contributed by atoms with Gasteiger partial charge >= 0.3 is 0 Å². The fraction of sp³-hybridized carbons (Fsp3) is 0.367. The first-order chi connectivity index (χ1) is 16.6. The smallest absolute Gasteiger partial charge is 0.181 e. The van der Waals surface area contributed by atoms with Crippen LogP contribution in [0.3, 0.4) is 0 Å². The van der Waals surface area contributed by atoms with Gasteiger partial charge in [0.15, 0.2) is 5.78 Å². The van der Waals surface area contributed by atoms with Crippen LogP contribution >= 0.6 is 0 Å². The number of carbonyl (C=O) groups is 1. The van der Waals surface area contributed by atoms with Gasteiger partial charge in [0.1, 0.15) is 35.2 Å². The van der Waals surface area contributed by atoms with E-state index < -0.39 is 5.92 Å². The average Bonchev–Trinajstić information content (AvgIpc) is 2.78. The summed E-state index contributed by atoms with van der Waals surface area (Å²) in [5.74, 6) is -0.826. The Morgan fingerprint density at radius 2 is 1.66 bits per heavy atom. The molecule has 1 aliphatic rings. The first-order valence-corrected chi connectivity index (χ1v) is 12.1. The van der Waals surface area contributed by atoms with Crippen molar-refractivity contribution < 1.29 is 24.9 Å². The summed E-state index contributed by atoms with van der Waals surface area (Å²) >= 11 is 0. The molecular weight excluding hydrogens is 440 g/mol. The van der Waals surface area contributed by atoms with Gasteiger partial charge in [0.2, 0.25) is 0 Å². The number of allylic oxidation sites excluding steroid dienone is 6. The molecule has 3 rings (SSSR count). The zero-order chi connectivity index (χ0) is 25.7. The molecule has 186 valence electrons. The number of Topliss-reactive ketones (excluding diaryl/α,β-unsaturated/α-hetero) is 1. The number of benzene rings is 2. The summed E-state index contributed by atoms with van der Waals surface area (Å²) in [6.45, 7) is 10.2. The number of phenols is 3. The highest BCUT2D eigenvalue weighted by molar-refractivity contribution is 6.07. The van der Waals surface area contributed by atoms with E-state index in [9.17, 15) is 20.1 Å². The maximum absolute atomic E-state index is 13.5. The second-order valence-electron chi connectivity index (χ2n) is 9.77. The van der Waals surface area contributed by atoms with E-state index >= 15 is 0 Å². The van der Waals surface area contributed by atoms with Crippen molar-refractivity contribution in [3.63, 3.8) is 0 Å². The normalized spacial score (nSPS) is 15.3. The van der Waals surface area contributed by atoms with Crippen molar-refractivity contribution in [1.29, 1.82) is 0 Å². The molecule has 0 bridgehead atoms. The molecule has 0 aromatic heterocycles. The number of hydrogen-bond acceptors (Lipinski definition) is 5. The van der Waals surface area contributed by atoms with E-state index in [1.54, 1.807) is 12.1 Å². The Hall–Kier alpha value is -3.47. The topological polar surface area (TPSA) is 87.0 Å². The lowest BCUT2D eigenvalue weighted by Crippen LogP contribution is -2.26. The van der Waals surface area contributed by atoms with Crippen LogP contribution in [0.4, 0.5) is 0 Å². The van der Waals surface area contributed by atoms with Crippen LogP contribution in [-0.4, -0.2) is 27.7 Å². The third-order valence-electron chi connectivity index (χ3n) is 6.30. The second-order valence-corrected chi connectivity index (χ2v) is 9.77. The molecule has 0 fully saturated rings. The lowest BCUT2D eigenvalue weighted by Gasteiger charge is -2.26. The van der Waals surface area contributed by atoms with Gasteiger partial charge in [-0.05, 0) is 77.5 Å². The molecule has 0 aliphatic carbocycles. The second kappa shape index (κ2) is 11.3. The van der Waals surface area contributed by atoms with Gasteiger partial charge in [-0.25, -0.2) is 0 Å². The molecule has 0 saturated heterocycles. The molecule has 0 saturated carbocycles. The molecule has 1 aliphatic heterocycles. The molecule has 5 nitrogen and oxygen atoms in total. The van der Waals surface area contributed by atoms with Crippen LogP contribution in [0.2, 0.25) is 0 Å². The molecule has 0 spiro atoms. The van der Waals surface area contributed by atoms with E-state index in [2.05, 4.69) is 32.9 Å². The third-order valence-corrected chi connectivity index (χ3v) is 6.30. The van der Waals surface area contributed by atoms with Crippen LogP contribution in [0.5, 0.6) is 23.0 Å². The highest BCUT2D eigenvalue weighted by Gasteiger charge is 2.35. The van der Waals surface area contributed by atoms with Crippen LogP contribution in [0.25, 0.3) is 0 Å². The number of ether oxygens (including phenoxy) is 1. The number of hydrogen-bond donors (Lipinski definition) is 3. The fourth-order valence-corrected chi connectivity index (χ4v) is 4.16. The van der Waals surface area contributed by atoms with Crippen molar-refractivity contribution in [2.45, 2.75) is 66.2 Å². The summed E-state index contributed by atoms with van der Waals surface area (Å²) in [5.41, 5.74) is 5.45. The molecule has 1 atom stereocenters. The van der Waals surface area contributed by atoms with E-state index in [1.807, 2.05) is 26.0 Å². The molecule has 3 N–H and O–H groups in total. The van der Waals surface area contributed by atoms with E-state index in [0.29, 0.717) is 18.4 Å². The van der Waals surface area contributed by atoms with E-state index in [4.69, 9.17) is 4.74 Å². The molecule has 35 heavy (non-hydrogen) atoms. The highest BCUT2D eigenvalue weighted by Crippen LogP contribution is 2.44. The zero-order valence-electron chi connectivity index (χ0n) is 21.3. The minimum atomic E-state index is -0.615. The maximum Gasteiger partial charge on any atom is 0.181 e. The van der Waals surface area contributed by atoms with Crippen molar-refractivity contribution in [3.05, 3.63) is 81.5 Å². The summed E-state index contributed by atoms with van der Waals surface area (Å²) in [4.78, 5) is 13.5. The van der Waals surface area contributed by atoms with Crippen molar-refractivity contribution in [2.24, 2.45) is 0 Å². The van der Waals surface area contributed by atoms with Crippen LogP contribution in [-0.2, 0) is 12.8 Å². The number of ketones is 1. The Balaban J connectivity index is 1.86. The molecule has 1 unspecified atom stereocenters. The Bertz CT molecular complexity index is 1190. The van der Waals surface area contributed by atoms with Crippen LogP contribution in [0.1, 0.15) is 80.4 Å². The van der Waals surface area contributed by atoms with E-state index in [0.717, 1.165) is 29.5 Å². The number of aromatic hydroxyl groups is 3. The van der Waals surface area contributed by atoms with Gasteiger partial charge in [0, 0.05) is 11.6 Å². The Morgan fingerprint density at radius 1 is 0.943 bits per heavy atom. The Labute approximate surface area is 208 Å². The summed E-state index contributed by atoms with van der Waals surface area (Å²) in [6, 6.07) is 6.58. The standard InChI is InChI=1S/C30H36O5/c1-18(2)7-6-8-20(5)10-11-22-15-21(12-14-25(22)31)24-17-35-27-16-26(32)23(13-9-19(3)4)29(33)28(27)30(24)34/h7,9-10,12,14-16,24,31-33H,6,8,11,13,17H2,1-5H3. The van der Waals surface area contributed by atoms with Crippen LogP contribution in [0, 0.1) is 0 Å². The summed E-state index contributed by atoms with van der Waals surface area (Å²) in [6.07, 6.45) is 9.02. The Kier molecular flexibility index (Phi) is 8.44. The minimum Gasteiger partial charge on any atom is -0.508 e. The first kappa shape index (κ1) is 26.1. The molecule has 1 heterocycles. The van der Waals surface area contributed by atoms with E-state index in [1.165, 1.54) is 17.2 Å². The largest absolute Gasteiger partial charge is 0.508 e. The highest BCUT2D eigenvalue weighted by atomic mass is 16.5. The van der Waals surface area contributed by atoms with Gasteiger partial charge in [-0.3, -0.25) is 4.79 Å². The van der Waals surface area contributed by atoms with Gasteiger partial charge in [0.25, 0.3) is 0 Å².